The molecule has 0 bridgehead atoms. The molecular weight excluding hydrogens is 354 g/mol. The number of carbonyl (C=O) groups excluding carboxylic acids is 1. The number of anilines is 1. The van der Waals surface area contributed by atoms with Crippen LogP contribution in [0.5, 0.6) is 11.5 Å². The maximum Gasteiger partial charge on any atom is 0.261 e. The average molecular weight is 369 g/mol. The van der Waals surface area contributed by atoms with Gasteiger partial charge in [-0.05, 0) is 61.5 Å². The van der Waals surface area contributed by atoms with Crippen LogP contribution in [0, 0.1) is 18.3 Å². The van der Waals surface area contributed by atoms with E-state index in [9.17, 15) is 4.79 Å². The lowest BCUT2D eigenvalue weighted by atomic mass is 10.2. The maximum atomic E-state index is 12.7. The van der Waals surface area contributed by atoms with Crippen LogP contribution in [-0.2, 0) is 0 Å². The lowest BCUT2D eigenvalue weighted by molar-refractivity contribution is 0.102. The van der Waals surface area contributed by atoms with Crippen LogP contribution >= 0.6 is 0 Å². The van der Waals surface area contributed by atoms with Gasteiger partial charge in [-0.1, -0.05) is 0 Å². The molecule has 0 fully saturated rings. The van der Waals surface area contributed by atoms with Gasteiger partial charge in [0.2, 0.25) is 0 Å². The summed E-state index contributed by atoms with van der Waals surface area (Å²) in [4.78, 5) is 16.9. The zero-order valence-electron chi connectivity index (χ0n) is 15.0. The molecule has 4 aromatic rings. The molecule has 7 nitrogen and oxygen atoms in total. The summed E-state index contributed by atoms with van der Waals surface area (Å²) < 4.78 is 7.32. The number of aromatic nitrogens is 3. The summed E-state index contributed by atoms with van der Waals surface area (Å²) in [5, 5.41) is 16.0. The number of nitriles is 1. The molecule has 2 aromatic carbocycles. The van der Waals surface area contributed by atoms with Crippen molar-refractivity contribution in [2.24, 2.45) is 0 Å². The van der Waals surface area contributed by atoms with E-state index >= 15 is 0 Å². The molecule has 0 radical (unpaired) electrons. The predicted octanol–water partition coefficient (Wildman–Crippen LogP) is 3.95. The van der Waals surface area contributed by atoms with Crippen LogP contribution < -0.4 is 10.1 Å². The Kier molecular flexibility index (Phi) is 4.44. The number of ether oxygens (including phenoxy) is 1. The molecule has 2 aromatic heterocycles. The van der Waals surface area contributed by atoms with Crippen molar-refractivity contribution in [1.82, 2.24) is 14.6 Å². The second-order valence-electron chi connectivity index (χ2n) is 6.07. The van der Waals surface area contributed by atoms with Crippen molar-refractivity contribution in [2.45, 2.75) is 6.92 Å². The first-order valence-corrected chi connectivity index (χ1v) is 8.53. The summed E-state index contributed by atoms with van der Waals surface area (Å²) in [5.41, 5.74) is 2.77. The van der Waals surface area contributed by atoms with Gasteiger partial charge in [0, 0.05) is 18.1 Å². The Bertz CT molecular complexity index is 1190. The number of amides is 1. The summed E-state index contributed by atoms with van der Waals surface area (Å²) in [6, 6.07) is 17.7. The number of fused-ring (bicyclic) bond motifs is 1. The summed E-state index contributed by atoms with van der Waals surface area (Å²) in [6.45, 7) is 1.78. The molecule has 136 valence electrons. The Labute approximate surface area is 160 Å². The van der Waals surface area contributed by atoms with E-state index in [2.05, 4.69) is 21.5 Å². The fourth-order valence-electron chi connectivity index (χ4n) is 2.80. The Morgan fingerprint density at radius 2 is 1.79 bits per heavy atom. The molecule has 0 unspecified atom stereocenters. The molecule has 1 amide bonds. The molecule has 7 heteroatoms. The third-order valence-electron chi connectivity index (χ3n) is 4.13. The Balaban J connectivity index is 1.48. The number of hydrogen-bond donors (Lipinski definition) is 1. The number of rotatable bonds is 4. The van der Waals surface area contributed by atoms with E-state index in [-0.39, 0.29) is 5.91 Å². The van der Waals surface area contributed by atoms with Gasteiger partial charge in [-0.3, -0.25) is 4.79 Å². The van der Waals surface area contributed by atoms with Crippen molar-refractivity contribution in [2.75, 3.05) is 5.32 Å². The number of nitrogens with zero attached hydrogens (tertiary/aromatic N) is 4. The van der Waals surface area contributed by atoms with Gasteiger partial charge < -0.3 is 10.1 Å². The smallest absolute Gasteiger partial charge is 0.261 e. The standard InChI is InChI=1S/C21H15N5O2/c1-14-19(20-23-11-2-12-26(20)25-14)21(27)24-16-5-9-18(10-6-16)28-17-7-3-15(13-22)4-8-17/h2-12H,1H3,(H,24,27). The van der Waals surface area contributed by atoms with Gasteiger partial charge >= 0.3 is 0 Å². The first-order valence-electron chi connectivity index (χ1n) is 8.53. The summed E-state index contributed by atoms with van der Waals surface area (Å²) in [5.74, 6) is 0.979. The van der Waals surface area contributed by atoms with Crippen LogP contribution in [0.3, 0.4) is 0 Å². The highest BCUT2D eigenvalue weighted by atomic mass is 16.5. The number of hydrogen-bond acceptors (Lipinski definition) is 5. The number of benzene rings is 2. The van der Waals surface area contributed by atoms with Crippen LogP contribution in [-0.4, -0.2) is 20.5 Å². The van der Waals surface area contributed by atoms with E-state index in [0.29, 0.717) is 39.7 Å². The maximum absolute atomic E-state index is 12.7. The minimum Gasteiger partial charge on any atom is -0.457 e. The van der Waals surface area contributed by atoms with Crippen LogP contribution in [0.15, 0.2) is 67.0 Å². The predicted molar refractivity (Wildman–Crippen MR) is 103 cm³/mol. The lowest BCUT2D eigenvalue weighted by Gasteiger charge is -2.08. The molecule has 0 saturated carbocycles. The molecule has 0 atom stereocenters. The lowest BCUT2D eigenvalue weighted by Crippen LogP contribution is -2.13. The highest BCUT2D eigenvalue weighted by Crippen LogP contribution is 2.24. The Morgan fingerprint density at radius 1 is 1.11 bits per heavy atom. The third-order valence-corrected chi connectivity index (χ3v) is 4.13. The zero-order chi connectivity index (χ0) is 19.5. The van der Waals surface area contributed by atoms with Crippen LogP contribution in [0.2, 0.25) is 0 Å². The summed E-state index contributed by atoms with van der Waals surface area (Å²) >= 11 is 0. The van der Waals surface area contributed by atoms with Crippen molar-refractivity contribution >= 4 is 17.2 Å². The topological polar surface area (TPSA) is 92.3 Å². The first kappa shape index (κ1) is 17.2. The van der Waals surface area contributed by atoms with Crippen molar-refractivity contribution in [3.63, 3.8) is 0 Å². The minimum absolute atomic E-state index is 0.271. The van der Waals surface area contributed by atoms with Crippen molar-refractivity contribution in [3.8, 4) is 17.6 Å². The highest BCUT2D eigenvalue weighted by molar-refractivity contribution is 6.09. The molecule has 4 rings (SSSR count). The molecule has 0 spiro atoms. The molecule has 28 heavy (non-hydrogen) atoms. The minimum atomic E-state index is -0.271. The van der Waals surface area contributed by atoms with Gasteiger partial charge in [-0.2, -0.15) is 10.4 Å². The normalized spacial score (nSPS) is 10.4. The van der Waals surface area contributed by atoms with Crippen molar-refractivity contribution < 1.29 is 9.53 Å². The fraction of sp³-hybridized carbons (Fsp3) is 0.0476. The number of nitrogens with one attached hydrogen (secondary N) is 1. The van der Waals surface area contributed by atoms with Crippen LogP contribution in [0.1, 0.15) is 21.6 Å². The van der Waals surface area contributed by atoms with Gasteiger partial charge in [0.1, 0.15) is 17.1 Å². The molecule has 0 aliphatic carbocycles. The van der Waals surface area contributed by atoms with Gasteiger partial charge in [-0.25, -0.2) is 9.50 Å². The SMILES string of the molecule is Cc1nn2cccnc2c1C(=O)Nc1ccc(Oc2ccc(C#N)cc2)cc1. The van der Waals surface area contributed by atoms with Gasteiger partial charge in [0.25, 0.3) is 5.91 Å². The quantitative estimate of drug-likeness (QED) is 0.588. The van der Waals surface area contributed by atoms with Gasteiger partial charge in [-0.15, -0.1) is 0 Å². The average Bonchev–Trinajstić information content (AvgIpc) is 3.06. The largest absolute Gasteiger partial charge is 0.457 e. The van der Waals surface area contributed by atoms with Crippen LogP contribution in [0.25, 0.3) is 5.65 Å². The Hall–Kier alpha value is -4.18. The monoisotopic (exact) mass is 369 g/mol. The van der Waals surface area contributed by atoms with E-state index < -0.39 is 0 Å². The van der Waals surface area contributed by atoms with Gasteiger partial charge in [0.05, 0.1) is 17.3 Å². The Morgan fingerprint density at radius 3 is 2.46 bits per heavy atom. The molecular formula is C21H15N5O2. The summed E-state index contributed by atoms with van der Waals surface area (Å²) in [6.07, 6.45) is 3.38. The molecule has 0 aliphatic rings. The van der Waals surface area contributed by atoms with E-state index in [1.807, 2.05) is 0 Å². The van der Waals surface area contributed by atoms with Crippen molar-refractivity contribution in [3.05, 3.63) is 83.8 Å². The highest BCUT2D eigenvalue weighted by Gasteiger charge is 2.18. The van der Waals surface area contributed by atoms with E-state index in [4.69, 9.17) is 10.00 Å². The third kappa shape index (κ3) is 3.39. The van der Waals surface area contributed by atoms with Gasteiger partial charge in [0.15, 0.2) is 5.65 Å². The first-order chi connectivity index (χ1) is 13.6. The number of aryl methyl sites for hydroxylation is 1. The molecule has 2 heterocycles. The zero-order valence-corrected chi connectivity index (χ0v) is 15.0. The van der Waals surface area contributed by atoms with Crippen molar-refractivity contribution in [1.29, 1.82) is 5.26 Å². The number of carbonyl (C=O) groups is 1. The fourth-order valence-corrected chi connectivity index (χ4v) is 2.80. The summed E-state index contributed by atoms with van der Waals surface area (Å²) in [7, 11) is 0. The van der Waals surface area contributed by atoms with E-state index in [1.165, 1.54) is 0 Å². The molecule has 1 N–H and O–H groups in total. The van der Waals surface area contributed by atoms with E-state index in [0.717, 1.165) is 0 Å². The second kappa shape index (κ2) is 7.21. The molecule has 0 saturated heterocycles. The second-order valence-corrected chi connectivity index (χ2v) is 6.07. The van der Waals surface area contributed by atoms with Crippen LogP contribution in [0.4, 0.5) is 5.69 Å². The molecule has 0 aliphatic heterocycles. The van der Waals surface area contributed by atoms with E-state index in [1.54, 1.807) is 78.4 Å².